The van der Waals surface area contributed by atoms with Crippen LogP contribution in [0, 0.1) is 0 Å². The van der Waals surface area contributed by atoms with E-state index in [1.165, 1.54) is 11.5 Å². The van der Waals surface area contributed by atoms with Crippen molar-refractivity contribution in [1.29, 1.82) is 0 Å². The molecule has 2 atom stereocenters. The zero-order chi connectivity index (χ0) is 21.1. The summed E-state index contributed by atoms with van der Waals surface area (Å²) in [5.74, 6) is -1.70. The van der Waals surface area contributed by atoms with Gasteiger partial charge in [-0.15, -0.1) is 0 Å². The van der Waals surface area contributed by atoms with E-state index in [1.807, 2.05) is 12.1 Å². The van der Waals surface area contributed by atoms with Crippen molar-refractivity contribution in [1.82, 2.24) is 5.32 Å². The van der Waals surface area contributed by atoms with Crippen molar-refractivity contribution in [3.63, 3.8) is 0 Å². The van der Waals surface area contributed by atoms with Crippen molar-refractivity contribution < 1.29 is 28.5 Å². The summed E-state index contributed by atoms with van der Waals surface area (Å²) < 4.78 is 6.58. The van der Waals surface area contributed by atoms with E-state index in [4.69, 9.17) is 4.74 Å². The van der Waals surface area contributed by atoms with Crippen LogP contribution in [0.15, 0.2) is 24.3 Å². The quantitative estimate of drug-likeness (QED) is 0.592. The Kier molecular flexibility index (Phi) is 6.48. The van der Waals surface area contributed by atoms with Crippen molar-refractivity contribution in [3.05, 3.63) is 35.4 Å². The Bertz CT molecular complexity index is 835. The van der Waals surface area contributed by atoms with Crippen LogP contribution in [0.5, 0.6) is 0 Å². The first-order valence-corrected chi connectivity index (χ1v) is 9.26. The predicted octanol–water partition coefficient (Wildman–Crippen LogP) is 1.66. The molecule has 0 saturated heterocycles. The molecule has 1 aliphatic heterocycles. The zero-order valence-corrected chi connectivity index (χ0v) is 16.9. The highest BCUT2D eigenvalue weighted by Crippen LogP contribution is 2.16. The van der Waals surface area contributed by atoms with E-state index < -0.39 is 29.6 Å². The number of hydrogen-bond donors (Lipinski definition) is 1. The SMILES string of the molecule is CC(=O)C(CC(=O)OC(C)(C)C)NC(=O)C(C)[N+]1=CCc2ccccc2C1=O. The van der Waals surface area contributed by atoms with Crippen LogP contribution >= 0.6 is 0 Å². The van der Waals surface area contributed by atoms with Crippen LogP contribution in [-0.2, 0) is 25.5 Å². The van der Waals surface area contributed by atoms with Gasteiger partial charge in [-0.3, -0.25) is 14.4 Å². The third kappa shape index (κ3) is 5.34. The molecular weight excluding hydrogens is 360 g/mol. The normalized spacial score (nSPS) is 15.8. The van der Waals surface area contributed by atoms with Gasteiger partial charge in [0.25, 0.3) is 5.91 Å². The van der Waals surface area contributed by atoms with Crippen molar-refractivity contribution in [2.24, 2.45) is 0 Å². The lowest BCUT2D eigenvalue weighted by Crippen LogP contribution is -2.50. The monoisotopic (exact) mass is 387 g/mol. The number of ketones is 1. The fraction of sp³-hybridized carbons (Fsp3) is 0.476. The van der Waals surface area contributed by atoms with E-state index in [0.717, 1.165) is 5.56 Å². The van der Waals surface area contributed by atoms with Gasteiger partial charge in [-0.1, -0.05) is 18.2 Å². The lowest BCUT2D eigenvalue weighted by atomic mass is 10.0. The Labute approximate surface area is 164 Å². The van der Waals surface area contributed by atoms with Crippen LogP contribution in [0.3, 0.4) is 0 Å². The average molecular weight is 387 g/mol. The van der Waals surface area contributed by atoms with Crippen molar-refractivity contribution in [2.45, 2.75) is 65.1 Å². The van der Waals surface area contributed by atoms with E-state index in [-0.39, 0.29) is 18.1 Å². The van der Waals surface area contributed by atoms with E-state index in [2.05, 4.69) is 5.32 Å². The number of amides is 2. The predicted molar refractivity (Wildman–Crippen MR) is 103 cm³/mol. The van der Waals surface area contributed by atoms with Gasteiger partial charge >= 0.3 is 11.9 Å². The highest BCUT2D eigenvalue weighted by Gasteiger charge is 2.36. The molecule has 1 aromatic carbocycles. The van der Waals surface area contributed by atoms with Gasteiger partial charge in [0.15, 0.2) is 12.0 Å². The van der Waals surface area contributed by atoms with Crippen LogP contribution < -0.4 is 5.32 Å². The van der Waals surface area contributed by atoms with E-state index in [1.54, 1.807) is 46.0 Å². The minimum absolute atomic E-state index is 0.258. The third-order valence-electron chi connectivity index (χ3n) is 4.38. The summed E-state index contributed by atoms with van der Waals surface area (Å²) in [4.78, 5) is 49.3. The number of Topliss-reactive ketones (excluding diaryl/α,β-unsaturated/α-hetero) is 1. The molecule has 2 rings (SSSR count). The van der Waals surface area contributed by atoms with Crippen LogP contribution in [0.25, 0.3) is 0 Å². The molecule has 0 radical (unpaired) electrons. The summed E-state index contributed by atoms with van der Waals surface area (Å²) in [6, 6.07) is 5.41. The van der Waals surface area contributed by atoms with E-state index >= 15 is 0 Å². The van der Waals surface area contributed by atoms with Gasteiger partial charge in [-0.2, -0.15) is 4.58 Å². The molecule has 28 heavy (non-hydrogen) atoms. The molecular formula is C21H27N2O5+. The first-order valence-electron chi connectivity index (χ1n) is 9.26. The van der Waals surface area contributed by atoms with Gasteiger partial charge in [-0.05, 0) is 39.3 Å². The van der Waals surface area contributed by atoms with Crippen LogP contribution in [0.1, 0.15) is 57.0 Å². The Morgan fingerprint density at radius 1 is 1.21 bits per heavy atom. The smallest absolute Gasteiger partial charge is 0.420 e. The molecule has 2 amide bonds. The van der Waals surface area contributed by atoms with Crippen molar-refractivity contribution in [2.75, 3.05) is 0 Å². The average Bonchev–Trinajstić information content (AvgIpc) is 2.59. The number of rotatable bonds is 6. The van der Waals surface area contributed by atoms with Gasteiger partial charge in [0, 0.05) is 6.92 Å². The number of carbonyl (C=O) groups is 4. The minimum Gasteiger partial charge on any atom is -0.460 e. The number of nitrogens with zero attached hydrogens (tertiary/aromatic N) is 1. The minimum atomic E-state index is -1.00. The summed E-state index contributed by atoms with van der Waals surface area (Å²) in [7, 11) is 0. The van der Waals surface area contributed by atoms with E-state index in [0.29, 0.717) is 12.0 Å². The molecule has 1 heterocycles. The van der Waals surface area contributed by atoms with Crippen LogP contribution in [-0.4, -0.2) is 52.0 Å². The third-order valence-corrected chi connectivity index (χ3v) is 4.38. The van der Waals surface area contributed by atoms with Gasteiger partial charge in [-0.25, -0.2) is 4.79 Å². The topological polar surface area (TPSA) is 92.6 Å². The van der Waals surface area contributed by atoms with Crippen LogP contribution in [0.2, 0.25) is 0 Å². The molecule has 7 nitrogen and oxygen atoms in total. The Morgan fingerprint density at radius 2 is 1.86 bits per heavy atom. The first kappa shape index (κ1) is 21.5. The highest BCUT2D eigenvalue weighted by molar-refractivity contribution is 5.97. The highest BCUT2D eigenvalue weighted by atomic mass is 16.6. The fourth-order valence-electron chi connectivity index (χ4n) is 2.92. The molecule has 2 unspecified atom stereocenters. The number of esters is 1. The van der Waals surface area contributed by atoms with Gasteiger partial charge < -0.3 is 10.1 Å². The standard InChI is InChI=1S/C21H26N2O5/c1-13(23-11-10-15-8-6-7-9-16(15)20(23)27)19(26)22-17(14(2)24)12-18(25)28-21(3,4)5/h6-9,11,13,17H,10,12H2,1-5H3/p+1. The summed E-state index contributed by atoms with van der Waals surface area (Å²) in [5.41, 5.74) is 0.780. The summed E-state index contributed by atoms with van der Waals surface area (Å²) in [6.07, 6.45) is 1.95. The van der Waals surface area contributed by atoms with Gasteiger partial charge in [0.2, 0.25) is 6.04 Å². The largest absolute Gasteiger partial charge is 0.460 e. The molecule has 0 bridgehead atoms. The Hall–Kier alpha value is -2.83. The molecule has 0 aliphatic carbocycles. The molecule has 1 aliphatic rings. The molecule has 1 N–H and O–H groups in total. The molecule has 150 valence electrons. The number of benzene rings is 1. The summed E-state index contributed by atoms with van der Waals surface area (Å²) >= 11 is 0. The van der Waals surface area contributed by atoms with Gasteiger partial charge in [0.05, 0.1) is 24.4 Å². The second kappa shape index (κ2) is 8.46. The number of ether oxygens (including phenoxy) is 1. The van der Waals surface area contributed by atoms with Crippen LogP contribution in [0.4, 0.5) is 0 Å². The second-order valence-corrected chi connectivity index (χ2v) is 7.89. The molecule has 7 heteroatoms. The second-order valence-electron chi connectivity index (χ2n) is 7.89. The summed E-state index contributed by atoms with van der Waals surface area (Å²) in [6.45, 7) is 8.06. The molecule has 0 spiro atoms. The molecule has 0 saturated carbocycles. The maximum Gasteiger partial charge on any atom is 0.420 e. The summed E-state index contributed by atoms with van der Waals surface area (Å²) in [5, 5.41) is 2.57. The lowest BCUT2D eigenvalue weighted by Gasteiger charge is -2.22. The number of fused-ring (bicyclic) bond motifs is 1. The number of hydrogen-bond acceptors (Lipinski definition) is 5. The maximum atomic E-state index is 12.7. The fourth-order valence-corrected chi connectivity index (χ4v) is 2.92. The maximum absolute atomic E-state index is 12.7. The number of carbonyl (C=O) groups excluding carboxylic acids is 4. The number of nitrogens with one attached hydrogen (secondary N) is 1. The molecule has 1 aromatic rings. The first-order chi connectivity index (χ1) is 13.0. The molecule has 0 fully saturated rings. The Balaban J connectivity index is 2.07. The van der Waals surface area contributed by atoms with Crippen molar-refractivity contribution >= 4 is 29.8 Å². The zero-order valence-electron chi connectivity index (χ0n) is 16.9. The van der Waals surface area contributed by atoms with Gasteiger partial charge in [0.1, 0.15) is 5.60 Å². The Morgan fingerprint density at radius 3 is 2.46 bits per heavy atom. The van der Waals surface area contributed by atoms with Crippen molar-refractivity contribution in [3.8, 4) is 0 Å². The lowest BCUT2D eigenvalue weighted by molar-refractivity contribution is -0.451. The molecule has 0 aromatic heterocycles. The van der Waals surface area contributed by atoms with E-state index in [9.17, 15) is 19.2 Å².